The maximum Gasteiger partial charge on any atom is 0.225 e. The third-order valence-corrected chi connectivity index (χ3v) is 8.41. The van der Waals surface area contributed by atoms with Crippen LogP contribution in [0.15, 0.2) is 42.9 Å². The van der Waals surface area contributed by atoms with Gasteiger partial charge in [0, 0.05) is 53.8 Å². The second-order valence-electron chi connectivity index (χ2n) is 11.9. The van der Waals surface area contributed by atoms with Gasteiger partial charge in [-0.15, -0.1) is 0 Å². The molecule has 1 unspecified atom stereocenters. The van der Waals surface area contributed by atoms with E-state index in [1.165, 1.54) is 0 Å². The average Bonchev–Trinajstić information content (AvgIpc) is 3.06. The molecule has 0 spiro atoms. The van der Waals surface area contributed by atoms with Gasteiger partial charge in [-0.1, -0.05) is 19.8 Å². The molecule has 11 heteroatoms. The molecule has 11 nitrogen and oxygen atoms in total. The number of aliphatic hydroxyl groups is 1. The number of likely N-dealkylation sites (tertiary alicyclic amines) is 1. The molecule has 0 bridgehead atoms. The number of rotatable bonds is 13. The number of aliphatic hydroxyl groups excluding tert-OH is 1. The van der Waals surface area contributed by atoms with E-state index in [2.05, 4.69) is 29.5 Å². The second-order valence-corrected chi connectivity index (χ2v) is 11.9. The van der Waals surface area contributed by atoms with Crippen LogP contribution < -0.4 is 20.1 Å². The largest absolute Gasteiger partial charge is 0.497 e. The van der Waals surface area contributed by atoms with Crippen LogP contribution in [0.1, 0.15) is 63.3 Å². The van der Waals surface area contributed by atoms with Gasteiger partial charge < -0.3 is 30.1 Å². The summed E-state index contributed by atoms with van der Waals surface area (Å²) in [5, 5.41) is 17.2. The van der Waals surface area contributed by atoms with Gasteiger partial charge in [0.1, 0.15) is 22.8 Å². The number of anilines is 2. The van der Waals surface area contributed by atoms with Crippen LogP contribution in [0.4, 0.5) is 11.8 Å². The standard InChI is InChI=1S/C33H44N8O3/c1-6-7-12-33(2,21-42)40-31-29-27(38-32(39-31)37-17-23-8-9-26(43-4)16-28(23)44-5)15-24(18-34-29)25-19-35-30(36-20-25)22-10-13-41(3)14-11-22/h8-9,15-16,18-20,22,42H,6-7,10-14,17,21H2,1-5H3,(H2,37,38,39,40). The van der Waals surface area contributed by atoms with Gasteiger partial charge in [-0.25, -0.2) is 15.0 Å². The number of piperidine rings is 1. The number of pyridine rings is 1. The van der Waals surface area contributed by atoms with Crippen molar-refractivity contribution in [2.24, 2.45) is 0 Å². The molecule has 234 valence electrons. The first-order valence-electron chi connectivity index (χ1n) is 15.4. The highest BCUT2D eigenvalue weighted by Gasteiger charge is 2.25. The molecule has 1 aliphatic heterocycles. The molecule has 3 N–H and O–H groups in total. The second kappa shape index (κ2) is 14.1. The third kappa shape index (κ3) is 7.34. The molecule has 4 aromatic rings. The highest BCUT2D eigenvalue weighted by molar-refractivity contribution is 5.89. The molecule has 0 amide bonds. The van der Waals surface area contributed by atoms with E-state index in [0.29, 0.717) is 41.0 Å². The highest BCUT2D eigenvalue weighted by Crippen LogP contribution is 2.31. The van der Waals surface area contributed by atoms with Crippen LogP contribution in [0.25, 0.3) is 22.2 Å². The van der Waals surface area contributed by atoms with Gasteiger partial charge in [-0.05, 0) is 64.5 Å². The topological polar surface area (TPSA) is 130 Å². The number of unbranched alkanes of at least 4 members (excludes halogenated alkanes) is 1. The Bertz CT molecular complexity index is 1540. The number of fused-ring (bicyclic) bond motifs is 1. The van der Waals surface area contributed by atoms with Crippen LogP contribution in [0.5, 0.6) is 11.5 Å². The lowest BCUT2D eigenvalue weighted by atomic mass is 9.96. The number of ether oxygens (including phenoxy) is 2. The molecule has 1 fully saturated rings. The fourth-order valence-electron chi connectivity index (χ4n) is 5.51. The monoisotopic (exact) mass is 600 g/mol. The molecule has 0 aliphatic carbocycles. The van der Waals surface area contributed by atoms with Gasteiger partial charge in [0.25, 0.3) is 0 Å². The minimum atomic E-state index is -0.564. The van der Waals surface area contributed by atoms with Gasteiger partial charge in [0.05, 0.1) is 31.9 Å². The summed E-state index contributed by atoms with van der Waals surface area (Å²) in [6.45, 7) is 6.67. The zero-order valence-electron chi connectivity index (χ0n) is 26.4. The summed E-state index contributed by atoms with van der Waals surface area (Å²) in [5.41, 5.74) is 3.41. The van der Waals surface area contributed by atoms with Gasteiger partial charge in [0.15, 0.2) is 5.82 Å². The summed E-state index contributed by atoms with van der Waals surface area (Å²) >= 11 is 0. The molecular formula is C33H44N8O3. The SMILES string of the molecule is CCCCC(C)(CO)Nc1nc(NCc2ccc(OC)cc2OC)nc2cc(-c3cnc(C4CCN(C)CC4)nc3)cnc12. The molecule has 4 heterocycles. The molecule has 1 atom stereocenters. The lowest BCUT2D eigenvalue weighted by Gasteiger charge is -2.29. The van der Waals surface area contributed by atoms with Crippen molar-refractivity contribution in [3.8, 4) is 22.6 Å². The predicted molar refractivity (Wildman–Crippen MR) is 173 cm³/mol. The summed E-state index contributed by atoms with van der Waals surface area (Å²) < 4.78 is 10.9. The van der Waals surface area contributed by atoms with E-state index in [1.807, 2.05) is 49.8 Å². The van der Waals surface area contributed by atoms with Crippen molar-refractivity contribution >= 4 is 22.8 Å². The first-order chi connectivity index (χ1) is 21.3. The minimum absolute atomic E-state index is 0.0383. The van der Waals surface area contributed by atoms with E-state index in [9.17, 15) is 5.11 Å². The van der Waals surface area contributed by atoms with Crippen molar-refractivity contribution in [1.82, 2.24) is 29.8 Å². The van der Waals surface area contributed by atoms with Crippen LogP contribution in [0, 0.1) is 0 Å². The molecule has 5 rings (SSSR count). The van der Waals surface area contributed by atoms with Crippen LogP contribution in [0.2, 0.25) is 0 Å². The van der Waals surface area contributed by atoms with Crippen molar-refractivity contribution in [3.63, 3.8) is 0 Å². The van der Waals surface area contributed by atoms with E-state index in [4.69, 9.17) is 34.4 Å². The summed E-state index contributed by atoms with van der Waals surface area (Å²) in [6, 6.07) is 7.68. The van der Waals surface area contributed by atoms with E-state index >= 15 is 0 Å². The molecule has 1 aromatic carbocycles. The molecule has 1 saturated heterocycles. The van der Waals surface area contributed by atoms with Gasteiger partial charge in [-0.2, -0.15) is 4.98 Å². The van der Waals surface area contributed by atoms with E-state index < -0.39 is 5.54 Å². The van der Waals surface area contributed by atoms with Crippen LogP contribution >= 0.6 is 0 Å². The minimum Gasteiger partial charge on any atom is -0.497 e. The Kier molecular flexibility index (Phi) is 10.1. The molecule has 44 heavy (non-hydrogen) atoms. The number of benzene rings is 1. The Balaban J connectivity index is 1.46. The zero-order chi connectivity index (χ0) is 31.1. The van der Waals surface area contributed by atoms with Crippen molar-refractivity contribution in [2.45, 2.75) is 64.0 Å². The Morgan fingerprint density at radius 3 is 2.43 bits per heavy atom. The Morgan fingerprint density at radius 1 is 1.00 bits per heavy atom. The highest BCUT2D eigenvalue weighted by atomic mass is 16.5. The number of hydrogen-bond acceptors (Lipinski definition) is 11. The lowest BCUT2D eigenvalue weighted by Crippen LogP contribution is -2.39. The quantitative estimate of drug-likeness (QED) is 0.185. The average molecular weight is 601 g/mol. The summed E-state index contributed by atoms with van der Waals surface area (Å²) in [7, 11) is 5.42. The fraction of sp³-hybridized carbons (Fsp3) is 0.485. The third-order valence-electron chi connectivity index (χ3n) is 8.41. The van der Waals surface area contributed by atoms with E-state index in [0.717, 1.165) is 73.5 Å². The first-order valence-corrected chi connectivity index (χ1v) is 15.4. The first kappa shape index (κ1) is 31.3. The normalized spacial score (nSPS) is 15.6. The zero-order valence-corrected chi connectivity index (χ0v) is 26.4. The van der Waals surface area contributed by atoms with E-state index in [1.54, 1.807) is 14.2 Å². The Labute approximate surface area is 259 Å². The molecule has 0 saturated carbocycles. The summed E-state index contributed by atoms with van der Waals surface area (Å²) in [4.78, 5) is 26.3. The number of methoxy groups -OCH3 is 2. The molecule has 3 aromatic heterocycles. The molecule has 0 radical (unpaired) electrons. The summed E-state index contributed by atoms with van der Waals surface area (Å²) in [5.74, 6) is 3.71. The van der Waals surface area contributed by atoms with Crippen LogP contribution in [0.3, 0.4) is 0 Å². The van der Waals surface area contributed by atoms with E-state index in [-0.39, 0.29) is 6.61 Å². The Morgan fingerprint density at radius 2 is 1.75 bits per heavy atom. The van der Waals surface area contributed by atoms with Crippen molar-refractivity contribution in [3.05, 3.63) is 54.2 Å². The van der Waals surface area contributed by atoms with Crippen molar-refractivity contribution in [2.75, 3.05) is 51.6 Å². The van der Waals surface area contributed by atoms with Gasteiger partial charge in [-0.3, -0.25) is 4.98 Å². The number of hydrogen-bond donors (Lipinski definition) is 3. The summed E-state index contributed by atoms with van der Waals surface area (Å²) in [6.07, 6.45) is 10.5. The van der Waals surface area contributed by atoms with Crippen molar-refractivity contribution in [1.29, 1.82) is 0 Å². The lowest BCUT2D eigenvalue weighted by molar-refractivity contribution is 0.212. The van der Waals surface area contributed by atoms with Crippen molar-refractivity contribution < 1.29 is 14.6 Å². The predicted octanol–water partition coefficient (Wildman–Crippen LogP) is 5.27. The maximum absolute atomic E-state index is 10.3. The number of aromatic nitrogens is 5. The van der Waals surface area contributed by atoms with Crippen LogP contribution in [-0.2, 0) is 6.54 Å². The number of nitrogens with one attached hydrogen (secondary N) is 2. The van der Waals surface area contributed by atoms with Gasteiger partial charge in [0.2, 0.25) is 5.95 Å². The molecule has 1 aliphatic rings. The fourth-order valence-corrected chi connectivity index (χ4v) is 5.51. The Hall–Kier alpha value is -4.09. The smallest absolute Gasteiger partial charge is 0.225 e. The van der Waals surface area contributed by atoms with Gasteiger partial charge >= 0.3 is 0 Å². The van der Waals surface area contributed by atoms with Crippen LogP contribution in [-0.4, -0.2) is 81.4 Å². The number of nitrogens with zero attached hydrogens (tertiary/aromatic N) is 6. The molecular weight excluding hydrogens is 556 g/mol. The maximum atomic E-state index is 10.3.